The molecule has 0 saturated heterocycles. The molecule has 7 nitrogen and oxygen atoms in total. The van der Waals surface area contributed by atoms with E-state index < -0.39 is 6.75 Å². The van der Waals surface area contributed by atoms with E-state index in [1.807, 2.05) is 0 Å². The number of fused-ring (bicyclic) bond motifs is 2. The van der Waals surface area contributed by atoms with Gasteiger partial charge in [-0.15, -0.1) is 0 Å². The fraction of sp³-hybridized carbons (Fsp3) is 0.227. The van der Waals surface area contributed by atoms with Crippen molar-refractivity contribution >= 4 is 28.3 Å². The van der Waals surface area contributed by atoms with E-state index in [0.29, 0.717) is 34.3 Å². The third kappa shape index (κ3) is 3.41. The zero-order valence-electron chi connectivity index (χ0n) is 17.6. The highest BCUT2D eigenvalue weighted by Gasteiger charge is 2.29. The molecule has 1 saturated carbocycles. The van der Waals surface area contributed by atoms with E-state index in [1.54, 1.807) is 43.7 Å². The van der Waals surface area contributed by atoms with Crippen molar-refractivity contribution in [3.05, 3.63) is 47.8 Å². The number of nitrogens with one attached hydrogen (secondary N) is 2. The lowest BCUT2D eigenvalue weighted by Crippen LogP contribution is -2.14. The summed E-state index contributed by atoms with van der Waals surface area (Å²) >= 11 is 0. The summed E-state index contributed by atoms with van der Waals surface area (Å²) in [4.78, 5) is 20.9. The van der Waals surface area contributed by atoms with Gasteiger partial charge in [-0.3, -0.25) is 4.79 Å². The summed E-state index contributed by atoms with van der Waals surface area (Å²) in [6.45, 7) is -2.17. The minimum absolute atomic E-state index is 0.0115. The average Bonchev–Trinajstić information content (AvgIpc) is 3.54. The predicted molar refractivity (Wildman–Crippen MR) is 109 cm³/mol. The van der Waals surface area contributed by atoms with Crippen molar-refractivity contribution < 1.29 is 17.0 Å². The molecule has 1 aliphatic heterocycles. The Balaban J connectivity index is 1.51. The first-order valence-electron chi connectivity index (χ1n) is 10.2. The van der Waals surface area contributed by atoms with Gasteiger partial charge < -0.3 is 20.1 Å². The molecule has 144 valence electrons. The minimum atomic E-state index is -2.17. The van der Waals surface area contributed by atoms with Gasteiger partial charge in [-0.2, -0.15) is 0 Å². The molecular formula is C22H18N4O3. The molecule has 5 rings (SSSR count). The summed E-state index contributed by atoms with van der Waals surface area (Å²) in [7, 11) is 1.78. The van der Waals surface area contributed by atoms with E-state index in [0.717, 1.165) is 23.6 Å². The van der Waals surface area contributed by atoms with Crippen LogP contribution in [0.2, 0.25) is 0 Å². The zero-order chi connectivity index (χ0) is 21.6. The maximum absolute atomic E-state index is 12.1. The second-order valence-corrected chi connectivity index (χ2v) is 6.85. The number of hydrogen-bond donors (Lipinski definition) is 2. The molecule has 7 heteroatoms. The van der Waals surface area contributed by atoms with Crippen LogP contribution in [0.5, 0.6) is 11.5 Å². The van der Waals surface area contributed by atoms with Crippen LogP contribution in [0, 0.1) is 17.8 Å². The lowest BCUT2D eigenvalue weighted by atomic mass is 10.1. The Hall–Kier alpha value is -3.79. The first-order chi connectivity index (χ1) is 14.9. The Bertz CT molecular complexity index is 1280. The molecule has 2 N–H and O–H groups in total. The average molecular weight is 388 g/mol. The second kappa shape index (κ2) is 6.99. The normalized spacial score (nSPS) is 17.0. The van der Waals surface area contributed by atoms with Gasteiger partial charge >= 0.3 is 0 Å². The number of carbonyl (C=O) groups excluding carboxylic acids is 1. The highest BCUT2D eigenvalue weighted by molar-refractivity contribution is 5.99. The van der Waals surface area contributed by atoms with E-state index in [4.69, 9.17) is 12.2 Å². The molecule has 0 spiro atoms. The minimum Gasteiger partial charge on any atom is -0.454 e. The topological polar surface area (TPSA) is 85.4 Å². The standard InChI is InChI=1S/C22H18N4O3/c1-23-21-17-11-24-20(26-22(27)14-5-6-14)9-16(17)15(10-25-21)4-2-13-3-7-18-19(8-13)29-12-28-18/h3,7-11,14H,5-6,12H2,1H3,(H,23,25)(H,24,26,27)/i12D2. The fourth-order valence-electron chi connectivity index (χ4n) is 3.08. The maximum atomic E-state index is 12.1. The molecule has 1 aliphatic carbocycles. The number of hydrogen-bond acceptors (Lipinski definition) is 6. The molecule has 3 aromatic rings. The van der Waals surface area contributed by atoms with Crippen LogP contribution >= 0.6 is 0 Å². The molecule has 2 aromatic heterocycles. The summed E-state index contributed by atoms with van der Waals surface area (Å²) in [6, 6.07) is 6.79. The van der Waals surface area contributed by atoms with E-state index in [1.165, 1.54) is 0 Å². The number of anilines is 2. The molecule has 29 heavy (non-hydrogen) atoms. The van der Waals surface area contributed by atoms with Crippen LogP contribution in [0.4, 0.5) is 11.6 Å². The van der Waals surface area contributed by atoms with Crippen molar-refractivity contribution in [2.75, 3.05) is 24.4 Å². The number of benzene rings is 1. The van der Waals surface area contributed by atoms with Gasteiger partial charge in [0.05, 0.1) is 5.56 Å². The molecule has 1 fully saturated rings. The summed E-state index contributed by atoms with van der Waals surface area (Å²) in [5.74, 6) is 8.03. The van der Waals surface area contributed by atoms with Crippen LogP contribution in [0.1, 0.15) is 26.7 Å². The molecule has 2 aliphatic rings. The lowest BCUT2D eigenvalue weighted by Gasteiger charge is -2.09. The number of nitrogens with zero attached hydrogens (tertiary/aromatic N) is 2. The number of aromatic nitrogens is 2. The smallest absolute Gasteiger partial charge is 0.231 e. The number of amides is 1. The SMILES string of the molecule is [2H]C1([2H])Oc2ccc(C#Cc3cnc(NC)c4cnc(NC(=O)C5CC5)cc34)cc2O1. The summed E-state index contributed by atoms with van der Waals surface area (Å²) in [5.41, 5.74) is 1.31. The van der Waals surface area contributed by atoms with Crippen LogP contribution < -0.4 is 20.1 Å². The molecular weight excluding hydrogens is 368 g/mol. The molecule has 0 radical (unpaired) electrons. The Kier molecular flexibility index (Phi) is 3.65. The molecule has 0 bridgehead atoms. The third-order valence-electron chi connectivity index (χ3n) is 4.80. The summed E-state index contributed by atoms with van der Waals surface area (Å²) in [6.07, 6.45) is 5.17. The van der Waals surface area contributed by atoms with Crippen LogP contribution in [-0.4, -0.2) is 29.7 Å². The van der Waals surface area contributed by atoms with Crippen molar-refractivity contribution in [1.82, 2.24) is 9.97 Å². The summed E-state index contributed by atoms with van der Waals surface area (Å²) in [5, 5.41) is 7.51. The fourth-order valence-corrected chi connectivity index (χ4v) is 3.08. The van der Waals surface area contributed by atoms with E-state index in [2.05, 4.69) is 32.4 Å². The number of carbonyl (C=O) groups is 1. The van der Waals surface area contributed by atoms with Gasteiger partial charge in [-0.05, 0) is 37.1 Å². The van der Waals surface area contributed by atoms with Crippen molar-refractivity contribution in [1.29, 1.82) is 0 Å². The van der Waals surface area contributed by atoms with Crippen LogP contribution in [0.25, 0.3) is 10.8 Å². The van der Waals surface area contributed by atoms with Gasteiger partial charge in [0, 0.05) is 41.7 Å². The summed E-state index contributed by atoms with van der Waals surface area (Å²) < 4.78 is 25.3. The molecule has 1 amide bonds. The first-order valence-corrected chi connectivity index (χ1v) is 9.23. The van der Waals surface area contributed by atoms with Crippen molar-refractivity contribution in [3.8, 4) is 23.3 Å². The van der Waals surface area contributed by atoms with E-state index in [9.17, 15) is 4.79 Å². The Morgan fingerprint density at radius 3 is 2.83 bits per heavy atom. The van der Waals surface area contributed by atoms with Crippen LogP contribution in [-0.2, 0) is 4.79 Å². The Labute approximate surface area is 170 Å². The van der Waals surface area contributed by atoms with Gasteiger partial charge in [-0.25, -0.2) is 9.97 Å². The number of rotatable bonds is 3. The van der Waals surface area contributed by atoms with Gasteiger partial charge in [0.15, 0.2) is 11.5 Å². The predicted octanol–water partition coefficient (Wildman–Crippen LogP) is 3.15. The van der Waals surface area contributed by atoms with Gasteiger partial charge in [0.25, 0.3) is 0 Å². The Morgan fingerprint density at radius 1 is 1.14 bits per heavy atom. The third-order valence-corrected chi connectivity index (χ3v) is 4.80. The van der Waals surface area contributed by atoms with E-state index >= 15 is 0 Å². The number of ether oxygens (including phenoxy) is 2. The van der Waals surface area contributed by atoms with E-state index in [-0.39, 0.29) is 11.8 Å². The van der Waals surface area contributed by atoms with Crippen molar-refractivity contribution in [2.45, 2.75) is 12.8 Å². The number of pyridine rings is 2. The molecule has 0 unspecified atom stereocenters. The van der Waals surface area contributed by atoms with Gasteiger partial charge in [-0.1, -0.05) is 11.8 Å². The quantitative estimate of drug-likeness (QED) is 0.671. The molecule has 1 aromatic carbocycles. The van der Waals surface area contributed by atoms with Crippen LogP contribution in [0.15, 0.2) is 36.7 Å². The highest BCUT2D eigenvalue weighted by atomic mass is 16.7. The van der Waals surface area contributed by atoms with Crippen LogP contribution in [0.3, 0.4) is 0 Å². The molecule has 3 heterocycles. The Morgan fingerprint density at radius 2 is 2.00 bits per heavy atom. The highest BCUT2D eigenvalue weighted by Crippen LogP contribution is 2.33. The van der Waals surface area contributed by atoms with Gasteiger partial charge in [0.1, 0.15) is 14.4 Å². The first kappa shape index (κ1) is 15.2. The largest absolute Gasteiger partial charge is 0.454 e. The lowest BCUT2D eigenvalue weighted by molar-refractivity contribution is -0.117. The second-order valence-electron chi connectivity index (χ2n) is 6.85. The molecule has 0 atom stereocenters. The van der Waals surface area contributed by atoms with Crippen molar-refractivity contribution in [3.63, 3.8) is 0 Å². The van der Waals surface area contributed by atoms with Gasteiger partial charge in [0.2, 0.25) is 12.7 Å². The van der Waals surface area contributed by atoms with Crippen molar-refractivity contribution in [2.24, 2.45) is 5.92 Å². The zero-order valence-corrected chi connectivity index (χ0v) is 15.6. The monoisotopic (exact) mass is 388 g/mol. The maximum Gasteiger partial charge on any atom is 0.231 e.